The summed E-state index contributed by atoms with van der Waals surface area (Å²) in [6, 6.07) is 1.75. The predicted molar refractivity (Wildman–Crippen MR) is 62.2 cm³/mol. The van der Waals surface area contributed by atoms with Crippen LogP contribution < -0.4 is 5.73 Å². The number of benzene rings is 1. The lowest BCUT2D eigenvalue weighted by atomic mass is 10.00. The number of aromatic carboxylic acids is 2. The van der Waals surface area contributed by atoms with Gasteiger partial charge < -0.3 is 21.1 Å². The van der Waals surface area contributed by atoms with Crippen molar-refractivity contribution in [1.82, 2.24) is 0 Å². The Bertz CT molecular complexity index is 501. The Labute approximate surface area is 107 Å². The van der Waals surface area contributed by atoms with Crippen molar-refractivity contribution >= 4 is 30.3 Å². The van der Waals surface area contributed by atoms with Crippen LogP contribution in [-0.4, -0.2) is 33.2 Å². The van der Waals surface area contributed by atoms with Crippen molar-refractivity contribution in [2.75, 3.05) is 0 Å². The molecule has 98 valence electrons. The Morgan fingerprint density at radius 1 is 1.00 bits per heavy atom. The van der Waals surface area contributed by atoms with Crippen molar-refractivity contribution in [2.24, 2.45) is 5.73 Å². The highest BCUT2D eigenvalue weighted by atomic mass is 35.5. The molecule has 0 aliphatic heterocycles. The third kappa shape index (κ3) is 3.19. The lowest BCUT2D eigenvalue weighted by Gasteiger charge is -2.09. The molecule has 7 nitrogen and oxygen atoms in total. The summed E-state index contributed by atoms with van der Waals surface area (Å²) in [6.45, 7) is 0. The molecule has 1 atom stereocenters. The first kappa shape index (κ1) is 15.9. The second kappa shape index (κ2) is 5.99. The first-order valence-corrected chi connectivity index (χ1v) is 4.43. The van der Waals surface area contributed by atoms with E-state index in [1.165, 1.54) is 6.07 Å². The monoisotopic (exact) mass is 275 g/mol. The van der Waals surface area contributed by atoms with Gasteiger partial charge in [0.25, 0.3) is 0 Å². The van der Waals surface area contributed by atoms with Gasteiger partial charge in [-0.25, -0.2) is 9.59 Å². The molecule has 0 unspecified atom stereocenters. The molecule has 0 heterocycles. The summed E-state index contributed by atoms with van der Waals surface area (Å²) in [5.74, 6) is -4.19. The molecular weight excluding hydrogens is 266 g/mol. The molecule has 0 aliphatic carbocycles. The summed E-state index contributed by atoms with van der Waals surface area (Å²) in [6.07, 6.45) is 0. The van der Waals surface area contributed by atoms with Crippen LogP contribution in [0, 0.1) is 0 Å². The third-order valence-electron chi connectivity index (χ3n) is 2.13. The van der Waals surface area contributed by atoms with Gasteiger partial charge in [0.05, 0.1) is 11.1 Å². The summed E-state index contributed by atoms with van der Waals surface area (Å²) in [4.78, 5) is 32.2. The Kier molecular flexibility index (Phi) is 5.28. The SMILES string of the molecule is Cl.N[C@@H](C(=O)O)c1ccc(C(=O)O)c(C(=O)O)c1. The lowest BCUT2D eigenvalue weighted by Crippen LogP contribution is -2.21. The number of carbonyl (C=O) groups is 3. The second-order valence-electron chi connectivity index (χ2n) is 3.23. The molecule has 0 aromatic heterocycles. The molecule has 1 aromatic rings. The number of hydrogen-bond donors (Lipinski definition) is 4. The number of aliphatic carboxylic acids is 1. The Morgan fingerprint density at radius 2 is 1.50 bits per heavy atom. The molecule has 1 aromatic carbocycles. The van der Waals surface area contributed by atoms with Gasteiger partial charge in [-0.3, -0.25) is 4.79 Å². The highest BCUT2D eigenvalue weighted by Crippen LogP contribution is 2.17. The van der Waals surface area contributed by atoms with Crippen molar-refractivity contribution in [3.05, 3.63) is 34.9 Å². The van der Waals surface area contributed by atoms with E-state index >= 15 is 0 Å². The van der Waals surface area contributed by atoms with Gasteiger partial charge in [0.2, 0.25) is 0 Å². The normalized spacial score (nSPS) is 11.2. The van der Waals surface area contributed by atoms with Crippen molar-refractivity contribution in [3.8, 4) is 0 Å². The lowest BCUT2D eigenvalue weighted by molar-refractivity contribution is -0.138. The molecule has 0 saturated heterocycles. The fraction of sp³-hybridized carbons (Fsp3) is 0.100. The minimum absolute atomic E-state index is 0. The van der Waals surface area contributed by atoms with Gasteiger partial charge >= 0.3 is 17.9 Å². The van der Waals surface area contributed by atoms with E-state index in [0.717, 1.165) is 12.1 Å². The third-order valence-corrected chi connectivity index (χ3v) is 2.13. The summed E-state index contributed by atoms with van der Waals surface area (Å²) >= 11 is 0. The number of rotatable bonds is 4. The van der Waals surface area contributed by atoms with Crippen LogP contribution in [0.25, 0.3) is 0 Å². The first-order chi connectivity index (χ1) is 7.84. The fourth-order valence-corrected chi connectivity index (χ4v) is 1.26. The van der Waals surface area contributed by atoms with Crippen molar-refractivity contribution < 1.29 is 29.7 Å². The number of nitrogens with two attached hydrogens (primary N) is 1. The van der Waals surface area contributed by atoms with Crippen LogP contribution in [0.4, 0.5) is 0 Å². The summed E-state index contributed by atoms with van der Waals surface area (Å²) in [5.41, 5.74) is 4.41. The highest BCUT2D eigenvalue weighted by molar-refractivity contribution is 6.02. The van der Waals surface area contributed by atoms with Gasteiger partial charge in [0.15, 0.2) is 0 Å². The van der Waals surface area contributed by atoms with Gasteiger partial charge in [-0.1, -0.05) is 6.07 Å². The van der Waals surface area contributed by atoms with Crippen LogP contribution in [0.1, 0.15) is 32.3 Å². The summed E-state index contributed by atoms with van der Waals surface area (Å²) < 4.78 is 0. The van der Waals surface area contributed by atoms with Gasteiger partial charge in [-0.05, 0) is 17.7 Å². The van der Waals surface area contributed by atoms with E-state index in [9.17, 15) is 14.4 Å². The zero-order chi connectivity index (χ0) is 13.2. The van der Waals surface area contributed by atoms with Crippen LogP contribution in [0.2, 0.25) is 0 Å². The molecule has 0 bridgehead atoms. The number of carboxylic acids is 3. The van der Waals surface area contributed by atoms with Gasteiger partial charge in [0.1, 0.15) is 6.04 Å². The molecule has 0 fully saturated rings. The van der Waals surface area contributed by atoms with Crippen LogP contribution in [0.15, 0.2) is 18.2 Å². The van der Waals surface area contributed by atoms with Crippen molar-refractivity contribution in [3.63, 3.8) is 0 Å². The van der Waals surface area contributed by atoms with Crippen LogP contribution in [-0.2, 0) is 4.79 Å². The van der Waals surface area contributed by atoms with E-state index < -0.39 is 35.1 Å². The Morgan fingerprint density at radius 3 is 1.89 bits per heavy atom. The minimum Gasteiger partial charge on any atom is -0.480 e. The maximum absolute atomic E-state index is 10.8. The minimum atomic E-state index is -1.46. The number of halogens is 1. The smallest absolute Gasteiger partial charge is 0.336 e. The molecule has 0 spiro atoms. The molecule has 0 radical (unpaired) electrons. The highest BCUT2D eigenvalue weighted by Gasteiger charge is 2.20. The topological polar surface area (TPSA) is 138 Å². The largest absolute Gasteiger partial charge is 0.480 e. The fourth-order valence-electron chi connectivity index (χ4n) is 1.26. The zero-order valence-corrected chi connectivity index (χ0v) is 9.68. The first-order valence-electron chi connectivity index (χ1n) is 4.43. The zero-order valence-electron chi connectivity index (χ0n) is 8.86. The van der Waals surface area contributed by atoms with Crippen LogP contribution in [0.3, 0.4) is 0 Å². The standard InChI is InChI=1S/C10H9NO6.ClH/c11-7(10(16)17)4-1-2-5(8(12)13)6(3-4)9(14)15;/h1-3,7H,11H2,(H,12,13)(H,14,15)(H,16,17);1H/t7-;/m1./s1. The van der Waals surface area contributed by atoms with E-state index in [4.69, 9.17) is 21.1 Å². The Balaban J connectivity index is 0.00000289. The van der Waals surface area contributed by atoms with Crippen molar-refractivity contribution in [1.29, 1.82) is 0 Å². The second-order valence-corrected chi connectivity index (χ2v) is 3.23. The molecule has 1 rings (SSSR count). The van der Waals surface area contributed by atoms with E-state index in [2.05, 4.69) is 0 Å². The molecule has 5 N–H and O–H groups in total. The molecule has 18 heavy (non-hydrogen) atoms. The van der Waals surface area contributed by atoms with Gasteiger partial charge in [-0.2, -0.15) is 0 Å². The average Bonchev–Trinajstić information content (AvgIpc) is 2.26. The average molecular weight is 276 g/mol. The molecule has 0 amide bonds. The quantitative estimate of drug-likeness (QED) is 0.631. The van der Waals surface area contributed by atoms with E-state index in [0.29, 0.717) is 0 Å². The number of carboxylic acid groups (broad SMARTS) is 3. The van der Waals surface area contributed by atoms with E-state index in [1.807, 2.05) is 0 Å². The van der Waals surface area contributed by atoms with Crippen LogP contribution in [0.5, 0.6) is 0 Å². The summed E-state index contributed by atoms with van der Waals surface area (Å²) in [5, 5.41) is 26.2. The van der Waals surface area contributed by atoms with Crippen molar-refractivity contribution in [2.45, 2.75) is 6.04 Å². The van der Waals surface area contributed by atoms with Gasteiger partial charge in [-0.15, -0.1) is 12.4 Å². The predicted octanol–water partition coefficient (Wildman–Crippen LogP) is 0.589. The summed E-state index contributed by atoms with van der Waals surface area (Å²) in [7, 11) is 0. The molecule has 8 heteroatoms. The van der Waals surface area contributed by atoms with Crippen LogP contribution >= 0.6 is 12.4 Å². The van der Waals surface area contributed by atoms with Gasteiger partial charge in [0, 0.05) is 0 Å². The van der Waals surface area contributed by atoms with E-state index in [-0.39, 0.29) is 18.0 Å². The molecule has 0 aliphatic rings. The Hall–Kier alpha value is -2.12. The molecular formula is C10H10ClNO6. The van der Waals surface area contributed by atoms with E-state index in [1.54, 1.807) is 0 Å². The maximum atomic E-state index is 10.8. The molecule has 0 saturated carbocycles. The maximum Gasteiger partial charge on any atom is 0.336 e. The number of hydrogen-bond acceptors (Lipinski definition) is 4.